The van der Waals surface area contributed by atoms with Crippen LogP contribution in [0, 0.1) is 0 Å². The molecule has 2 rings (SSSR count). The largest absolute Gasteiger partial charge is 0.377 e. The number of sulfone groups is 1. The predicted octanol–water partition coefficient (Wildman–Crippen LogP) is 2.02. The van der Waals surface area contributed by atoms with Gasteiger partial charge in [0.05, 0.1) is 18.1 Å². The molecule has 0 bridgehead atoms. The van der Waals surface area contributed by atoms with E-state index in [0.717, 1.165) is 5.56 Å². The Kier molecular flexibility index (Phi) is 6.59. The van der Waals surface area contributed by atoms with Crippen LogP contribution in [0.4, 0.5) is 0 Å². The molecule has 0 aromatic heterocycles. The average molecular weight is 339 g/mol. The molecule has 0 N–H and O–H groups in total. The number of amides is 1. The summed E-state index contributed by atoms with van der Waals surface area (Å²) in [5.74, 6) is 0.330. The quantitative estimate of drug-likeness (QED) is 0.680. The second-order valence-corrected chi connectivity index (χ2v) is 8.11. The number of ether oxygens (including phenoxy) is 1. The van der Waals surface area contributed by atoms with Gasteiger partial charge in [0.25, 0.3) is 0 Å². The first-order chi connectivity index (χ1) is 11.0. The summed E-state index contributed by atoms with van der Waals surface area (Å²) in [5, 5.41) is 0. The minimum atomic E-state index is -2.96. The van der Waals surface area contributed by atoms with E-state index in [-0.39, 0.29) is 23.5 Å². The molecule has 1 saturated heterocycles. The van der Waals surface area contributed by atoms with Gasteiger partial charge in [0.2, 0.25) is 5.91 Å². The van der Waals surface area contributed by atoms with Crippen molar-refractivity contribution in [2.45, 2.75) is 38.8 Å². The number of hydrogen-bond donors (Lipinski definition) is 0. The standard InChI is InChI=1S/C17H25NO4S/c1-2-18(16-10-12-23(20,21)14-16)17(19)9-6-11-22-13-15-7-4-3-5-8-15/h3-5,7-8,16H,2,6,9-14H2,1H3. The van der Waals surface area contributed by atoms with Gasteiger partial charge >= 0.3 is 0 Å². The normalized spacial score (nSPS) is 19.6. The van der Waals surface area contributed by atoms with Crippen LogP contribution >= 0.6 is 0 Å². The summed E-state index contributed by atoms with van der Waals surface area (Å²) >= 11 is 0. The Morgan fingerprint density at radius 1 is 1.30 bits per heavy atom. The van der Waals surface area contributed by atoms with Crippen molar-refractivity contribution in [3.8, 4) is 0 Å². The van der Waals surface area contributed by atoms with Gasteiger partial charge in [-0.05, 0) is 25.3 Å². The van der Waals surface area contributed by atoms with E-state index in [4.69, 9.17) is 4.74 Å². The third kappa shape index (κ3) is 5.62. The van der Waals surface area contributed by atoms with Gasteiger partial charge in [0.1, 0.15) is 0 Å². The molecule has 1 aromatic carbocycles. The highest BCUT2D eigenvalue weighted by Gasteiger charge is 2.33. The molecule has 1 fully saturated rings. The van der Waals surface area contributed by atoms with Crippen molar-refractivity contribution < 1.29 is 17.9 Å². The monoisotopic (exact) mass is 339 g/mol. The number of hydrogen-bond acceptors (Lipinski definition) is 4. The summed E-state index contributed by atoms with van der Waals surface area (Å²) in [6, 6.07) is 9.76. The fourth-order valence-corrected chi connectivity index (χ4v) is 4.62. The zero-order valence-corrected chi connectivity index (χ0v) is 14.4. The number of rotatable bonds is 8. The van der Waals surface area contributed by atoms with Crippen LogP contribution in [0.25, 0.3) is 0 Å². The smallest absolute Gasteiger partial charge is 0.222 e. The van der Waals surface area contributed by atoms with Crippen LogP contribution in [0.1, 0.15) is 31.7 Å². The van der Waals surface area contributed by atoms with Gasteiger partial charge in [-0.1, -0.05) is 30.3 Å². The predicted molar refractivity (Wildman–Crippen MR) is 89.8 cm³/mol. The van der Waals surface area contributed by atoms with Gasteiger partial charge in [0.15, 0.2) is 9.84 Å². The molecule has 0 radical (unpaired) electrons. The molecule has 1 aromatic rings. The van der Waals surface area contributed by atoms with E-state index in [0.29, 0.717) is 39.0 Å². The van der Waals surface area contributed by atoms with Crippen LogP contribution in [0.15, 0.2) is 30.3 Å². The van der Waals surface area contributed by atoms with Gasteiger partial charge in [-0.3, -0.25) is 4.79 Å². The topological polar surface area (TPSA) is 63.7 Å². The molecule has 6 heteroatoms. The zero-order valence-electron chi connectivity index (χ0n) is 13.6. The van der Waals surface area contributed by atoms with Gasteiger partial charge < -0.3 is 9.64 Å². The van der Waals surface area contributed by atoms with Gasteiger partial charge in [0, 0.05) is 25.6 Å². The molecule has 1 amide bonds. The second kappa shape index (κ2) is 8.45. The lowest BCUT2D eigenvalue weighted by molar-refractivity contribution is -0.133. The molecule has 5 nitrogen and oxygen atoms in total. The highest BCUT2D eigenvalue weighted by molar-refractivity contribution is 7.91. The fourth-order valence-electron chi connectivity index (χ4n) is 2.89. The average Bonchev–Trinajstić information content (AvgIpc) is 2.88. The number of carbonyl (C=O) groups excluding carboxylic acids is 1. The molecule has 1 aliphatic rings. The minimum absolute atomic E-state index is 0.0258. The van der Waals surface area contributed by atoms with E-state index in [1.54, 1.807) is 4.90 Å². The SMILES string of the molecule is CCN(C(=O)CCCOCc1ccccc1)C1CCS(=O)(=O)C1. The third-order valence-corrected chi connectivity index (χ3v) is 5.85. The van der Waals surface area contributed by atoms with Crippen molar-refractivity contribution in [1.29, 1.82) is 0 Å². The van der Waals surface area contributed by atoms with Crippen molar-refractivity contribution >= 4 is 15.7 Å². The van der Waals surface area contributed by atoms with Crippen LogP contribution in [0.5, 0.6) is 0 Å². The van der Waals surface area contributed by atoms with Gasteiger partial charge in [-0.2, -0.15) is 0 Å². The first kappa shape index (κ1) is 17.9. The first-order valence-electron chi connectivity index (χ1n) is 8.13. The van der Waals surface area contributed by atoms with Crippen LogP contribution in [-0.2, 0) is 26.0 Å². The third-order valence-electron chi connectivity index (χ3n) is 4.10. The Morgan fingerprint density at radius 2 is 2.04 bits per heavy atom. The first-order valence-corrected chi connectivity index (χ1v) is 9.95. The number of nitrogens with zero attached hydrogens (tertiary/aromatic N) is 1. The van der Waals surface area contributed by atoms with E-state index in [1.165, 1.54) is 0 Å². The van der Waals surface area contributed by atoms with Crippen molar-refractivity contribution in [3.05, 3.63) is 35.9 Å². The molecule has 0 spiro atoms. The summed E-state index contributed by atoms with van der Waals surface area (Å²) in [5.41, 5.74) is 1.12. The van der Waals surface area contributed by atoms with Crippen molar-refractivity contribution in [3.63, 3.8) is 0 Å². The molecule has 128 valence electrons. The molecular weight excluding hydrogens is 314 g/mol. The van der Waals surface area contributed by atoms with Crippen molar-refractivity contribution in [2.75, 3.05) is 24.7 Å². The molecule has 1 atom stereocenters. The van der Waals surface area contributed by atoms with E-state index in [9.17, 15) is 13.2 Å². The second-order valence-electron chi connectivity index (χ2n) is 5.88. The molecule has 1 heterocycles. The van der Waals surface area contributed by atoms with Gasteiger partial charge in [-0.15, -0.1) is 0 Å². The van der Waals surface area contributed by atoms with Crippen LogP contribution in [0.2, 0.25) is 0 Å². The Balaban J connectivity index is 1.69. The number of carbonyl (C=O) groups is 1. The lowest BCUT2D eigenvalue weighted by Crippen LogP contribution is -2.40. The Morgan fingerprint density at radius 3 is 2.65 bits per heavy atom. The van der Waals surface area contributed by atoms with Crippen LogP contribution in [0.3, 0.4) is 0 Å². The Bertz CT molecular complexity index is 600. The molecule has 0 aliphatic carbocycles. The number of benzene rings is 1. The minimum Gasteiger partial charge on any atom is -0.377 e. The molecule has 1 aliphatic heterocycles. The maximum absolute atomic E-state index is 12.3. The maximum Gasteiger partial charge on any atom is 0.222 e. The van der Waals surface area contributed by atoms with E-state index in [1.807, 2.05) is 37.3 Å². The Labute approximate surface area is 138 Å². The summed E-state index contributed by atoms with van der Waals surface area (Å²) < 4.78 is 28.7. The zero-order chi connectivity index (χ0) is 16.7. The van der Waals surface area contributed by atoms with Gasteiger partial charge in [-0.25, -0.2) is 8.42 Å². The molecule has 1 unspecified atom stereocenters. The van der Waals surface area contributed by atoms with Crippen LogP contribution < -0.4 is 0 Å². The molecule has 23 heavy (non-hydrogen) atoms. The summed E-state index contributed by atoms with van der Waals surface area (Å²) in [6.45, 7) is 3.53. The van der Waals surface area contributed by atoms with E-state index in [2.05, 4.69) is 0 Å². The summed E-state index contributed by atoms with van der Waals surface area (Å²) in [6.07, 6.45) is 1.62. The van der Waals surface area contributed by atoms with E-state index >= 15 is 0 Å². The Hall–Kier alpha value is -1.40. The molecule has 0 saturated carbocycles. The summed E-state index contributed by atoms with van der Waals surface area (Å²) in [4.78, 5) is 14.0. The summed E-state index contributed by atoms with van der Waals surface area (Å²) in [7, 11) is -2.96. The molecular formula is C17H25NO4S. The van der Waals surface area contributed by atoms with Crippen LogP contribution in [-0.4, -0.2) is 49.9 Å². The fraction of sp³-hybridized carbons (Fsp3) is 0.588. The highest BCUT2D eigenvalue weighted by atomic mass is 32.2. The lowest BCUT2D eigenvalue weighted by atomic mass is 10.2. The highest BCUT2D eigenvalue weighted by Crippen LogP contribution is 2.18. The van der Waals surface area contributed by atoms with E-state index < -0.39 is 9.84 Å². The van der Waals surface area contributed by atoms with Crippen molar-refractivity contribution in [1.82, 2.24) is 4.90 Å². The lowest BCUT2D eigenvalue weighted by Gasteiger charge is -2.26. The van der Waals surface area contributed by atoms with Crippen molar-refractivity contribution in [2.24, 2.45) is 0 Å². The maximum atomic E-state index is 12.3.